The van der Waals surface area contributed by atoms with E-state index in [1.54, 1.807) is 26.3 Å². The van der Waals surface area contributed by atoms with E-state index in [9.17, 15) is 19.5 Å². The Labute approximate surface area is 447 Å². The van der Waals surface area contributed by atoms with Crippen LogP contribution in [0.25, 0.3) is 33.3 Å². The van der Waals surface area contributed by atoms with E-state index in [1.165, 1.54) is 9.91 Å². The van der Waals surface area contributed by atoms with Crippen LogP contribution < -0.4 is 15.6 Å². The number of esters is 1. The summed E-state index contributed by atoms with van der Waals surface area (Å²) in [6.45, 7) is 17.4. The number of piperazine rings is 1. The molecule has 404 valence electrons. The van der Waals surface area contributed by atoms with Crippen LogP contribution in [0.5, 0.6) is 5.75 Å². The smallest absolute Gasteiger partial charge is 0.325 e. The van der Waals surface area contributed by atoms with Crippen molar-refractivity contribution in [3.8, 4) is 28.1 Å². The zero-order valence-corrected chi connectivity index (χ0v) is 45.7. The zero-order valence-electron chi connectivity index (χ0n) is 45.7. The topological polar surface area (TPSA) is 171 Å². The van der Waals surface area contributed by atoms with Crippen molar-refractivity contribution in [3.05, 3.63) is 101 Å². The van der Waals surface area contributed by atoms with Gasteiger partial charge in [0.15, 0.2) is 0 Å². The van der Waals surface area contributed by atoms with Crippen molar-refractivity contribution >= 4 is 40.3 Å². The summed E-state index contributed by atoms with van der Waals surface area (Å²) in [5.41, 5.74) is 11.9. The van der Waals surface area contributed by atoms with Gasteiger partial charge in [0, 0.05) is 94.3 Å². The molecule has 16 heteroatoms. The summed E-state index contributed by atoms with van der Waals surface area (Å²) in [6, 6.07) is 20.9. The Balaban J connectivity index is 1.05. The van der Waals surface area contributed by atoms with E-state index in [0.29, 0.717) is 38.1 Å². The Bertz CT molecular complexity index is 2990. The Morgan fingerprint density at radius 3 is 2.49 bits per heavy atom. The molecule has 6 heterocycles. The summed E-state index contributed by atoms with van der Waals surface area (Å²) in [5, 5.41) is 17.1. The number of likely N-dealkylation sites (N-methyl/N-ethyl adjacent to an activating group) is 2. The number of anilines is 1. The van der Waals surface area contributed by atoms with Gasteiger partial charge in [0.2, 0.25) is 5.91 Å². The highest BCUT2D eigenvalue weighted by atomic mass is 16.5. The largest absolute Gasteiger partial charge is 0.508 e. The molecule has 5 aromatic rings. The number of hydrogen-bond donors (Lipinski definition) is 3. The van der Waals surface area contributed by atoms with Crippen LogP contribution >= 0.6 is 0 Å². The van der Waals surface area contributed by atoms with Crippen LogP contribution in [-0.4, -0.2) is 145 Å². The van der Waals surface area contributed by atoms with Gasteiger partial charge in [-0.15, -0.1) is 0 Å². The number of methoxy groups -OCH3 is 1. The molecule has 5 aliphatic rings. The third kappa shape index (κ3) is 10.6. The maximum absolute atomic E-state index is 15.1. The van der Waals surface area contributed by atoms with E-state index in [4.69, 9.17) is 19.2 Å². The van der Waals surface area contributed by atoms with Crippen molar-refractivity contribution in [2.75, 3.05) is 72.0 Å². The van der Waals surface area contributed by atoms with E-state index in [-0.39, 0.29) is 54.5 Å². The molecule has 3 saturated heterocycles. The third-order valence-electron chi connectivity index (χ3n) is 16.7. The van der Waals surface area contributed by atoms with Gasteiger partial charge in [-0.1, -0.05) is 70.2 Å². The number of phenolic OH excluding ortho intramolecular Hbond substituents is 1. The van der Waals surface area contributed by atoms with E-state index in [2.05, 4.69) is 77.2 Å². The molecule has 3 aromatic carbocycles. The average Bonchev–Trinajstić information content (AvgIpc) is 3.96. The van der Waals surface area contributed by atoms with Gasteiger partial charge < -0.3 is 43.9 Å². The normalized spacial score (nSPS) is 24.7. The van der Waals surface area contributed by atoms with Crippen LogP contribution in [0.1, 0.15) is 88.8 Å². The van der Waals surface area contributed by atoms with Crippen molar-refractivity contribution in [3.63, 3.8) is 0 Å². The van der Waals surface area contributed by atoms with Crippen LogP contribution in [0.3, 0.4) is 0 Å². The van der Waals surface area contributed by atoms with Crippen LogP contribution in [0.4, 0.5) is 5.69 Å². The minimum Gasteiger partial charge on any atom is -0.508 e. The van der Waals surface area contributed by atoms with Gasteiger partial charge in [0.25, 0.3) is 11.8 Å². The molecule has 76 heavy (non-hydrogen) atoms. The van der Waals surface area contributed by atoms with Gasteiger partial charge in [0.1, 0.15) is 30.0 Å². The predicted molar refractivity (Wildman–Crippen MR) is 292 cm³/mol. The van der Waals surface area contributed by atoms with Crippen molar-refractivity contribution < 1.29 is 38.5 Å². The molecule has 3 N–H and O–H groups in total. The number of carbonyl (C=O) groups is 4. The second-order valence-corrected chi connectivity index (χ2v) is 23.2. The van der Waals surface area contributed by atoms with Crippen molar-refractivity contribution in [2.24, 2.45) is 23.2 Å². The quantitative estimate of drug-likeness (QED) is 0.115. The highest BCUT2D eigenvalue weighted by Gasteiger charge is 2.53. The van der Waals surface area contributed by atoms with Crippen LogP contribution in [0, 0.1) is 23.2 Å². The maximum Gasteiger partial charge on any atom is 0.325 e. The highest BCUT2D eigenvalue weighted by molar-refractivity contribution is 5.96. The molecular formula is C60H76N8O8. The van der Waals surface area contributed by atoms with Gasteiger partial charge in [-0.05, 0) is 116 Å². The molecule has 10 rings (SSSR count). The minimum absolute atomic E-state index is 0.00675. The summed E-state index contributed by atoms with van der Waals surface area (Å²) in [7, 11) is 5.49. The van der Waals surface area contributed by atoms with Gasteiger partial charge in [-0.2, -0.15) is 0 Å². The number of aryl methyl sites for hydroxylation is 1. The first-order valence-electron chi connectivity index (χ1n) is 27.4. The van der Waals surface area contributed by atoms with Gasteiger partial charge in [-0.25, -0.2) is 5.43 Å². The fourth-order valence-corrected chi connectivity index (χ4v) is 12.4. The molecule has 0 spiro atoms. The number of benzene rings is 3. The predicted octanol–water partition coefficient (Wildman–Crippen LogP) is 7.12. The number of nitrogens with one attached hydrogen (secondary N) is 2. The Morgan fingerprint density at radius 2 is 1.76 bits per heavy atom. The number of nitrogens with zero attached hydrogens (tertiary/aromatic N) is 6. The number of hydrogen-bond acceptors (Lipinski definition) is 12. The Morgan fingerprint density at radius 1 is 1.00 bits per heavy atom. The number of hydrazine groups is 1. The first-order chi connectivity index (χ1) is 36.4. The summed E-state index contributed by atoms with van der Waals surface area (Å²) in [5.74, 6) is -2.12. The number of ether oxygens (including phenoxy) is 3. The Hall–Kier alpha value is -6.33. The molecule has 4 aliphatic heterocycles. The number of pyridine rings is 1. The van der Waals surface area contributed by atoms with Crippen molar-refractivity contribution in [2.45, 2.75) is 110 Å². The molecule has 4 fully saturated rings. The first-order valence-corrected chi connectivity index (χ1v) is 27.4. The van der Waals surface area contributed by atoms with Crippen molar-refractivity contribution in [1.29, 1.82) is 0 Å². The summed E-state index contributed by atoms with van der Waals surface area (Å²) in [6.07, 6.45) is 2.86. The van der Waals surface area contributed by atoms with Crippen LogP contribution in [0.15, 0.2) is 79.0 Å². The number of fused-ring (bicyclic) bond motifs is 8. The molecule has 0 radical (unpaired) electrons. The van der Waals surface area contributed by atoms with Crippen LogP contribution in [-0.2, 0) is 52.8 Å². The second kappa shape index (κ2) is 21.6. The third-order valence-corrected chi connectivity index (χ3v) is 16.7. The number of aromatic hydroxyl groups is 1. The number of amides is 3. The molecule has 3 amide bonds. The van der Waals surface area contributed by atoms with Gasteiger partial charge in [-0.3, -0.25) is 29.2 Å². The minimum atomic E-state index is -1.15. The zero-order chi connectivity index (χ0) is 53.7. The first kappa shape index (κ1) is 53.1. The molecule has 6 bridgehead atoms. The summed E-state index contributed by atoms with van der Waals surface area (Å²) >= 11 is 0. The molecule has 1 unspecified atom stereocenters. The number of phenols is 1. The second-order valence-electron chi connectivity index (χ2n) is 23.2. The maximum atomic E-state index is 15.1. The van der Waals surface area contributed by atoms with Gasteiger partial charge >= 0.3 is 5.97 Å². The monoisotopic (exact) mass is 1040 g/mol. The van der Waals surface area contributed by atoms with E-state index >= 15 is 4.79 Å². The standard InChI is InChI=1S/C60H76N8O8/c1-10-67-50-17-16-39-28-46(50)48(54(67)47-30-42(32-61-51(47)36(4)74-9)66-21-19-64(7)20-22-66)31-60(5,6)34-76-59(73)52-45-29-41(45)33-68(63-52)57(71)49(26-37-24-40(39)27-43(69)25-37)62-56(70)53(35(2)3)65(8)58(72)55-44(18-23-75-55)38-14-12-11-13-15-38/h11-17,24-25,27-28,30,32,35-36,41,44-45,49,52-53,55,63,69H,10,18-23,26,29,31,33-34H2,1-9H3,(H,62,70)/t36-,41?,44+,45-,49-,52-,53-,55+/m0/s1. The molecule has 8 atom stereocenters. The van der Waals surface area contributed by atoms with Crippen molar-refractivity contribution in [1.82, 2.24) is 35.1 Å². The molecule has 1 aliphatic carbocycles. The number of aromatic nitrogens is 2. The SMILES string of the molecule is CCn1c(-c2cc(N3CCN(C)CC3)cnc2[C@H](C)OC)c2c3cc(ccc31)-c1cc(O)cc(c1)C[C@H](NC(=O)[C@H](C(C)C)N(C)C(=O)[C@@H]1OCC[C@@H]1c1ccccc1)C(=O)N1CC3C[C@@H]3[C@H](N1)C(=O)OCC(C)(C)C2. The molecule has 1 saturated carbocycles. The lowest BCUT2D eigenvalue weighted by Crippen LogP contribution is -2.63. The molecular weight excluding hydrogens is 961 g/mol. The average molecular weight is 1040 g/mol. The lowest BCUT2D eigenvalue weighted by Gasteiger charge is -2.37. The van der Waals surface area contributed by atoms with Gasteiger partial charge in [0.05, 0.1) is 36.0 Å². The van der Waals surface area contributed by atoms with Crippen LogP contribution in [0.2, 0.25) is 0 Å². The summed E-state index contributed by atoms with van der Waals surface area (Å²) < 4.78 is 20.8. The number of cyclic esters (lactones) is 1. The summed E-state index contributed by atoms with van der Waals surface area (Å²) in [4.78, 5) is 70.1. The molecule has 2 aromatic heterocycles. The lowest BCUT2D eigenvalue weighted by atomic mass is 9.84. The van der Waals surface area contributed by atoms with E-state index in [0.717, 1.165) is 88.4 Å². The number of carbonyl (C=O) groups excluding carboxylic acids is 4. The fraction of sp³-hybridized carbons (Fsp3) is 0.517. The van der Waals surface area contributed by atoms with E-state index < -0.39 is 47.4 Å². The Kier molecular flexibility index (Phi) is 15.1. The van der Waals surface area contributed by atoms with E-state index in [1.807, 2.05) is 63.4 Å². The number of rotatable bonds is 11. The lowest BCUT2D eigenvalue weighted by molar-refractivity contribution is -0.156. The highest BCUT2D eigenvalue weighted by Crippen LogP contribution is 2.46. The fourth-order valence-electron chi connectivity index (χ4n) is 12.4. The molecule has 16 nitrogen and oxygen atoms in total.